The normalized spacial score (nSPS) is 10.9. The predicted molar refractivity (Wildman–Crippen MR) is 127 cm³/mol. The number of aromatic nitrogens is 2. The Hall–Kier alpha value is -3.43. The fraction of sp³-hybridized carbons (Fsp3) is 0.120. The summed E-state index contributed by atoms with van der Waals surface area (Å²) in [4.78, 5) is 18.4. The van der Waals surface area contributed by atoms with Gasteiger partial charge in [0.2, 0.25) is 0 Å². The van der Waals surface area contributed by atoms with E-state index in [1.165, 1.54) is 0 Å². The van der Waals surface area contributed by atoms with E-state index in [9.17, 15) is 15.0 Å². The van der Waals surface area contributed by atoms with Gasteiger partial charge in [-0.25, -0.2) is 4.98 Å². The summed E-state index contributed by atoms with van der Waals surface area (Å²) in [6.45, 7) is 2.20. The molecule has 6 heteroatoms. The molecule has 1 atom stereocenters. The molecule has 156 valence electrons. The quantitative estimate of drug-likeness (QED) is 0.469. The second-order valence-electron chi connectivity index (χ2n) is 7.38. The van der Waals surface area contributed by atoms with Crippen LogP contribution in [-0.2, 0) is 13.0 Å². The molecule has 31 heavy (non-hydrogen) atoms. The molecule has 0 amide bonds. The summed E-state index contributed by atoms with van der Waals surface area (Å²) in [6.07, 6.45) is 0.648. The van der Waals surface area contributed by atoms with Gasteiger partial charge in [-0.1, -0.05) is 54.6 Å². The number of aryl methyl sites for hydroxylation is 2. The van der Waals surface area contributed by atoms with Gasteiger partial charge in [0.05, 0.1) is 16.8 Å². The van der Waals surface area contributed by atoms with Crippen LogP contribution >= 0.6 is 9.24 Å². The first-order valence-electron chi connectivity index (χ1n) is 9.98. The molecule has 0 spiro atoms. The lowest BCUT2D eigenvalue weighted by molar-refractivity contribution is 0.475. The van der Waals surface area contributed by atoms with Crippen LogP contribution in [0, 0.1) is 6.92 Å². The smallest absolute Gasteiger partial charge is 0.261 e. The number of phenolic OH excluding ortho intramolecular Hbond substituents is 2. The van der Waals surface area contributed by atoms with E-state index < -0.39 is 0 Å². The highest BCUT2D eigenvalue weighted by Crippen LogP contribution is 2.29. The Morgan fingerprint density at radius 3 is 2.35 bits per heavy atom. The third-order valence-electron chi connectivity index (χ3n) is 5.28. The molecule has 1 unspecified atom stereocenters. The predicted octanol–water partition coefficient (Wildman–Crippen LogP) is 4.04. The standard InChI is InChI=1S/C25H23N2O3P/c1-16-22(18-10-12-19(28)13-11-18)25(30)27(15-14-17-6-3-2-4-7-17)24(26-16)20-8-5-9-21(31)23(20)29/h2-13,28-29H,14-15,31H2,1H3. The summed E-state index contributed by atoms with van der Waals surface area (Å²) in [6, 6.07) is 21.9. The molecular weight excluding hydrogens is 407 g/mol. The van der Waals surface area contributed by atoms with Crippen molar-refractivity contribution in [1.29, 1.82) is 0 Å². The second-order valence-corrected chi connectivity index (χ2v) is 8.00. The van der Waals surface area contributed by atoms with E-state index in [0.717, 1.165) is 5.56 Å². The zero-order valence-corrected chi connectivity index (χ0v) is 18.3. The lowest BCUT2D eigenvalue weighted by atomic mass is 10.0. The molecule has 0 saturated heterocycles. The molecule has 0 fully saturated rings. The number of rotatable bonds is 5. The molecule has 4 rings (SSSR count). The number of hydrogen-bond acceptors (Lipinski definition) is 4. The van der Waals surface area contributed by atoms with Gasteiger partial charge in [-0.2, -0.15) is 0 Å². The lowest BCUT2D eigenvalue weighted by Gasteiger charge is -2.17. The lowest BCUT2D eigenvalue weighted by Crippen LogP contribution is -2.27. The third kappa shape index (κ3) is 4.23. The van der Waals surface area contributed by atoms with E-state index in [4.69, 9.17) is 4.98 Å². The maximum absolute atomic E-state index is 13.7. The average Bonchev–Trinajstić information content (AvgIpc) is 2.77. The summed E-state index contributed by atoms with van der Waals surface area (Å²) in [5.41, 5.74) is 3.18. The Bertz CT molecular complexity index is 1280. The first-order chi connectivity index (χ1) is 15.0. The minimum absolute atomic E-state index is 0.0876. The first kappa shape index (κ1) is 20.8. The molecule has 1 heterocycles. The average molecular weight is 430 g/mol. The van der Waals surface area contributed by atoms with Gasteiger partial charge in [0.15, 0.2) is 0 Å². The van der Waals surface area contributed by atoms with E-state index >= 15 is 0 Å². The van der Waals surface area contributed by atoms with Crippen LogP contribution in [0.4, 0.5) is 0 Å². The largest absolute Gasteiger partial charge is 0.508 e. The van der Waals surface area contributed by atoms with Crippen LogP contribution in [0.3, 0.4) is 0 Å². The van der Waals surface area contributed by atoms with Crippen LogP contribution in [0.2, 0.25) is 0 Å². The fourth-order valence-corrected chi connectivity index (χ4v) is 3.93. The van der Waals surface area contributed by atoms with Crippen molar-refractivity contribution in [3.63, 3.8) is 0 Å². The maximum atomic E-state index is 13.7. The fourth-order valence-electron chi connectivity index (χ4n) is 3.66. The highest BCUT2D eigenvalue weighted by atomic mass is 31.0. The topological polar surface area (TPSA) is 75.4 Å². The minimum Gasteiger partial charge on any atom is -0.508 e. The van der Waals surface area contributed by atoms with Crippen molar-refractivity contribution in [3.8, 4) is 34.0 Å². The summed E-state index contributed by atoms with van der Waals surface area (Å²) in [7, 11) is 2.50. The van der Waals surface area contributed by atoms with E-state index in [0.29, 0.717) is 46.5 Å². The Kier molecular flexibility index (Phi) is 5.88. The van der Waals surface area contributed by atoms with Crippen molar-refractivity contribution in [2.24, 2.45) is 0 Å². The number of aromatic hydroxyl groups is 2. The Morgan fingerprint density at radius 1 is 0.935 bits per heavy atom. The van der Waals surface area contributed by atoms with Crippen LogP contribution in [-0.4, -0.2) is 19.8 Å². The van der Waals surface area contributed by atoms with Crippen molar-refractivity contribution >= 4 is 14.5 Å². The number of phenols is 2. The molecule has 3 aromatic carbocycles. The van der Waals surface area contributed by atoms with Crippen LogP contribution in [0.1, 0.15) is 11.3 Å². The molecule has 5 nitrogen and oxygen atoms in total. The molecule has 0 saturated carbocycles. The SMILES string of the molecule is Cc1nc(-c2cccc(P)c2O)n(CCc2ccccc2)c(=O)c1-c1ccc(O)cc1. The Labute approximate surface area is 182 Å². The van der Waals surface area contributed by atoms with Gasteiger partial charge in [0.25, 0.3) is 5.56 Å². The van der Waals surface area contributed by atoms with Gasteiger partial charge in [-0.15, -0.1) is 9.24 Å². The molecule has 0 aliphatic heterocycles. The van der Waals surface area contributed by atoms with Gasteiger partial charge < -0.3 is 10.2 Å². The molecule has 4 aromatic rings. The van der Waals surface area contributed by atoms with Crippen molar-refractivity contribution in [3.05, 3.63) is 94.4 Å². The van der Waals surface area contributed by atoms with Gasteiger partial charge in [0, 0.05) is 11.8 Å². The van der Waals surface area contributed by atoms with Crippen molar-refractivity contribution in [2.75, 3.05) is 0 Å². The molecule has 1 aromatic heterocycles. The van der Waals surface area contributed by atoms with Crippen molar-refractivity contribution in [2.45, 2.75) is 19.9 Å². The van der Waals surface area contributed by atoms with E-state index in [1.54, 1.807) is 47.9 Å². The summed E-state index contributed by atoms with van der Waals surface area (Å²) < 4.78 is 1.63. The molecule has 2 N–H and O–H groups in total. The molecule has 0 bridgehead atoms. The van der Waals surface area contributed by atoms with Gasteiger partial charge in [-0.05, 0) is 42.7 Å². The van der Waals surface area contributed by atoms with Gasteiger partial charge in [0.1, 0.15) is 17.3 Å². The van der Waals surface area contributed by atoms with Crippen LogP contribution in [0.5, 0.6) is 11.5 Å². The molecule has 0 aliphatic carbocycles. The Morgan fingerprint density at radius 2 is 1.65 bits per heavy atom. The Balaban J connectivity index is 1.90. The molecule has 0 aliphatic rings. The monoisotopic (exact) mass is 430 g/mol. The first-order valence-corrected chi connectivity index (χ1v) is 10.6. The van der Waals surface area contributed by atoms with Crippen molar-refractivity contribution < 1.29 is 10.2 Å². The van der Waals surface area contributed by atoms with Crippen molar-refractivity contribution in [1.82, 2.24) is 9.55 Å². The van der Waals surface area contributed by atoms with Gasteiger partial charge in [-0.3, -0.25) is 9.36 Å². The van der Waals surface area contributed by atoms with Crippen LogP contribution in [0.15, 0.2) is 77.6 Å². The number of hydrogen-bond donors (Lipinski definition) is 2. The van der Waals surface area contributed by atoms with Crippen LogP contribution in [0.25, 0.3) is 22.5 Å². The summed E-state index contributed by atoms with van der Waals surface area (Å²) >= 11 is 0. The maximum Gasteiger partial charge on any atom is 0.261 e. The van der Waals surface area contributed by atoms with Gasteiger partial charge >= 0.3 is 0 Å². The van der Waals surface area contributed by atoms with E-state index in [-0.39, 0.29) is 17.1 Å². The van der Waals surface area contributed by atoms with E-state index in [2.05, 4.69) is 9.24 Å². The summed E-state index contributed by atoms with van der Waals surface area (Å²) in [5, 5.41) is 20.9. The number of para-hydroxylation sites is 1. The van der Waals surface area contributed by atoms with E-state index in [1.807, 2.05) is 36.4 Å². The minimum atomic E-state index is -0.183. The highest BCUT2D eigenvalue weighted by Gasteiger charge is 2.19. The van der Waals surface area contributed by atoms with Crippen LogP contribution < -0.4 is 10.9 Å². The number of benzene rings is 3. The zero-order chi connectivity index (χ0) is 22.0. The zero-order valence-electron chi connectivity index (χ0n) is 17.1. The molecular formula is C25H23N2O3P. The number of nitrogens with zero attached hydrogens (tertiary/aromatic N) is 2. The summed E-state index contributed by atoms with van der Waals surface area (Å²) in [5.74, 6) is 0.657. The second kappa shape index (κ2) is 8.75. The third-order valence-corrected chi connectivity index (χ3v) is 5.75. The molecule has 0 radical (unpaired) electrons. The highest BCUT2D eigenvalue weighted by molar-refractivity contribution is 7.27.